The second kappa shape index (κ2) is 4.55. The summed E-state index contributed by atoms with van der Waals surface area (Å²) in [5.41, 5.74) is 1.13. The molecule has 1 unspecified atom stereocenters. The molecule has 6 heteroatoms. The highest BCUT2D eigenvalue weighted by molar-refractivity contribution is 7.07. The standard InChI is InChI=1S/C12H13N3O2S/c1-2-7-17-15-10-8-14(12(15)16)6-4-9(10)11-3-5-13-18-11/h2-5,10H,1,6-8H2. The van der Waals surface area contributed by atoms with E-state index >= 15 is 0 Å². The summed E-state index contributed by atoms with van der Waals surface area (Å²) >= 11 is 1.44. The molecular formula is C12H13N3O2S. The summed E-state index contributed by atoms with van der Waals surface area (Å²) in [7, 11) is 0. The van der Waals surface area contributed by atoms with Gasteiger partial charge in [-0.3, -0.25) is 4.84 Å². The van der Waals surface area contributed by atoms with Gasteiger partial charge in [0.1, 0.15) is 6.04 Å². The van der Waals surface area contributed by atoms with Crippen LogP contribution in [0.15, 0.2) is 31.0 Å². The molecular weight excluding hydrogens is 250 g/mol. The van der Waals surface area contributed by atoms with Crippen molar-refractivity contribution in [2.24, 2.45) is 0 Å². The fourth-order valence-corrected chi connectivity index (χ4v) is 2.95. The number of hydroxylamine groups is 2. The minimum absolute atomic E-state index is 0.0355. The summed E-state index contributed by atoms with van der Waals surface area (Å²) in [4.78, 5) is 20.4. The van der Waals surface area contributed by atoms with Crippen LogP contribution in [0.25, 0.3) is 5.57 Å². The van der Waals surface area contributed by atoms with Gasteiger partial charge < -0.3 is 4.90 Å². The van der Waals surface area contributed by atoms with Crippen molar-refractivity contribution in [2.45, 2.75) is 6.04 Å². The van der Waals surface area contributed by atoms with Crippen molar-refractivity contribution in [3.63, 3.8) is 0 Å². The van der Waals surface area contributed by atoms with Crippen LogP contribution in [0.5, 0.6) is 0 Å². The Kier molecular flexibility index (Phi) is 2.89. The predicted octanol–water partition coefficient (Wildman–Crippen LogP) is 1.76. The largest absolute Gasteiger partial charge is 0.344 e. The van der Waals surface area contributed by atoms with Gasteiger partial charge in [-0.05, 0) is 23.2 Å². The molecule has 1 aromatic rings. The van der Waals surface area contributed by atoms with Gasteiger partial charge in [0.2, 0.25) is 0 Å². The Morgan fingerprint density at radius 1 is 1.67 bits per heavy atom. The summed E-state index contributed by atoms with van der Waals surface area (Å²) in [5.74, 6) is 0. The number of urea groups is 1. The predicted molar refractivity (Wildman–Crippen MR) is 68.8 cm³/mol. The SMILES string of the molecule is C=CCON1C(=O)N2CC=C(c3ccns3)C1C2. The molecule has 0 aliphatic carbocycles. The van der Waals surface area contributed by atoms with E-state index in [9.17, 15) is 4.79 Å². The highest BCUT2D eigenvalue weighted by Gasteiger charge is 2.43. The molecule has 0 aromatic carbocycles. The van der Waals surface area contributed by atoms with Crippen LogP contribution in [0.2, 0.25) is 0 Å². The molecule has 0 spiro atoms. The van der Waals surface area contributed by atoms with E-state index in [0.29, 0.717) is 19.7 Å². The topological polar surface area (TPSA) is 45.7 Å². The average Bonchev–Trinajstić information content (AvgIpc) is 2.99. The molecule has 0 N–H and O–H groups in total. The van der Waals surface area contributed by atoms with Crippen LogP contribution in [-0.4, -0.2) is 46.1 Å². The van der Waals surface area contributed by atoms with Crippen molar-refractivity contribution >= 4 is 23.1 Å². The lowest BCUT2D eigenvalue weighted by molar-refractivity contribution is -0.105. The molecule has 2 aliphatic rings. The van der Waals surface area contributed by atoms with E-state index in [4.69, 9.17) is 4.84 Å². The number of fused-ring (bicyclic) bond motifs is 2. The maximum atomic E-state index is 12.1. The van der Waals surface area contributed by atoms with Crippen LogP contribution in [0.4, 0.5) is 4.79 Å². The number of nitrogens with zero attached hydrogens (tertiary/aromatic N) is 3. The first kappa shape index (κ1) is 11.4. The van der Waals surface area contributed by atoms with E-state index < -0.39 is 0 Å². The van der Waals surface area contributed by atoms with E-state index in [0.717, 1.165) is 10.5 Å². The molecule has 2 amide bonds. The Labute approximate surface area is 109 Å². The Morgan fingerprint density at radius 2 is 2.56 bits per heavy atom. The fourth-order valence-electron chi connectivity index (χ4n) is 2.26. The first-order valence-electron chi connectivity index (χ1n) is 5.74. The lowest BCUT2D eigenvalue weighted by atomic mass is 10.0. The molecule has 2 bridgehead atoms. The van der Waals surface area contributed by atoms with Gasteiger partial charge in [-0.2, -0.15) is 5.06 Å². The van der Waals surface area contributed by atoms with E-state index in [1.807, 2.05) is 6.07 Å². The third-order valence-electron chi connectivity index (χ3n) is 3.08. The van der Waals surface area contributed by atoms with E-state index in [1.165, 1.54) is 16.6 Å². The van der Waals surface area contributed by atoms with Crippen LogP contribution in [-0.2, 0) is 4.84 Å². The third kappa shape index (κ3) is 1.74. The lowest BCUT2D eigenvalue weighted by Gasteiger charge is -2.23. The average molecular weight is 263 g/mol. The maximum absolute atomic E-state index is 12.1. The molecule has 18 heavy (non-hydrogen) atoms. The van der Waals surface area contributed by atoms with Gasteiger partial charge in [0.15, 0.2) is 0 Å². The molecule has 1 fully saturated rings. The number of carbonyl (C=O) groups is 1. The van der Waals surface area contributed by atoms with Crippen molar-refractivity contribution < 1.29 is 9.63 Å². The summed E-state index contributed by atoms with van der Waals surface area (Å²) < 4.78 is 4.11. The Bertz CT molecular complexity index is 497. The summed E-state index contributed by atoms with van der Waals surface area (Å²) in [6, 6.07) is 1.87. The van der Waals surface area contributed by atoms with Gasteiger partial charge in [-0.25, -0.2) is 9.17 Å². The molecule has 2 aliphatic heterocycles. The molecule has 1 aromatic heterocycles. The zero-order valence-corrected chi connectivity index (χ0v) is 10.6. The van der Waals surface area contributed by atoms with Crippen molar-refractivity contribution in [1.29, 1.82) is 0 Å². The minimum atomic E-state index is -0.0717. The number of carbonyl (C=O) groups excluding carboxylic acids is 1. The minimum Gasteiger partial charge on any atom is -0.317 e. The Hall–Kier alpha value is -1.66. The highest BCUT2D eigenvalue weighted by Crippen LogP contribution is 2.33. The van der Waals surface area contributed by atoms with Crippen molar-refractivity contribution in [3.8, 4) is 0 Å². The molecule has 0 saturated carbocycles. The monoisotopic (exact) mass is 263 g/mol. The second-order valence-corrected chi connectivity index (χ2v) is 4.98. The van der Waals surface area contributed by atoms with Gasteiger partial charge in [0.05, 0.1) is 18.0 Å². The molecule has 5 nitrogen and oxygen atoms in total. The number of rotatable bonds is 4. The van der Waals surface area contributed by atoms with E-state index in [-0.39, 0.29) is 12.1 Å². The summed E-state index contributed by atoms with van der Waals surface area (Å²) in [6.07, 6.45) is 5.50. The lowest BCUT2D eigenvalue weighted by Crippen LogP contribution is -2.34. The number of aromatic nitrogens is 1. The van der Waals surface area contributed by atoms with Gasteiger partial charge in [0, 0.05) is 12.7 Å². The Balaban J connectivity index is 1.88. The summed E-state index contributed by atoms with van der Waals surface area (Å²) in [6.45, 7) is 5.26. The normalized spacial score (nSPS) is 22.3. The molecule has 3 rings (SSSR count). The Morgan fingerprint density at radius 3 is 3.28 bits per heavy atom. The molecule has 94 valence electrons. The van der Waals surface area contributed by atoms with Crippen LogP contribution in [0, 0.1) is 0 Å². The third-order valence-corrected chi connectivity index (χ3v) is 3.88. The van der Waals surface area contributed by atoms with Crippen LogP contribution >= 0.6 is 11.5 Å². The second-order valence-electron chi connectivity index (χ2n) is 4.15. The molecule has 0 radical (unpaired) electrons. The van der Waals surface area contributed by atoms with E-state index in [1.54, 1.807) is 17.2 Å². The molecule has 1 atom stereocenters. The number of amides is 2. The number of hydrogen-bond donors (Lipinski definition) is 0. The number of hydrogen-bond acceptors (Lipinski definition) is 4. The highest BCUT2D eigenvalue weighted by atomic mass is 32.1. The van der Waals surface area contributed by atoms with Gasteiger partial charge in [-0.1, -0.05) is 12.2 Å². The maximum Gasteiger partial charge on any atom is 0.344 e. The quantitative estimate of drug-likeness (QED) is 0.778. The zero-order valence-electron chi connectivity index (χ0n) is 9.78. The van der Waals surface area contributed by atoms with Gasteiger partial charge in [0.25, 0.3) is 0 Å². The van der Waals surface area contributed by atoms with Crippen molar-refractivity contribution in [3.05, 3.63) is 35.9 Å². The van der Waals surface area contributed by atoms with E-state index in [2.05, 4.69) is 17.0 Å². The van der Waals surface area contributed by atoms with Crippen molar-refractivity contribution in [1.82, 2.24) is 14.3 Å². The van der Waals surface area contributed by atoms with Gasteiger partial charge >= 0.3 is 6.03 Å². The van der Waals surface area contributed by atoms with Crippen LogP contribution in [0.1, 0.15) is 4.88 Å². The smallest absolute Gasteiger partial charge is 0.317 e. The fraction of sp³-hybridized carbons (Fsp3) is 0.333. The molecule has 3 heterocycles. The van der Waals surface area contributed by atoms with Gasteiger partial charge in [-0.15, -0.1) is 6.58 Å². The van der Waals surface area contributed by atoms with Crippen LogP contribution in [0.3, 0.4) is 0 Å². The first-order valence-corrected chi connectivity index (χ1v) is 6.51. The first-order chi connectivity index (χ1) is 8.81. The van der Waals surface area contributed by atoms with Crippen LogP contribution < -0.4 is 0 Å². The molecule has 1 saturated heterocycles. The zero-order chi connectivity index (χ0) is 12.5. The van der Waals surface area contributed by atoms with Crippen molar-refractivity contribution in [2.75, 3.05) is 19.7 Å². The summed E-state index contributed by atoms with van der Waals surface area (Å²) in [5, 5.41) is 1.46.